The Balaban J connectivity index is 0.937. The van der Waals surface area contributed by atoms with Crippen molar-refractivity contribution in [3.05, 3.63) is 51.6 Å². The molecule has 4 unspecified atom stereocenters. The lowest BCUT2D eigenvalue weighted by Gasteiger charge is -2.44. The number of rotatable bonds is 21. The van der Waals surface area contributed by atoms with Crippen LogP contribution in [0.5, 0.6) is 11.5 Å². The summed E-state index contributed by atoms with van der Waals surface area (Å²) in [5.74, 6) is -0.928. The fourth-order valence-corrected chi connectivity index (χ4v) is 12.0. The van der Waals surface area contributed by atoms with E-state index in [2.05, 4.69) is 4.90 Å². The zero-order valence-corrected chi connectivity index (χ0v) is 42.3. The Morgan fingerprint density at radius 2 is 1.77 bits per heavy atom. The number of aromatic hydroxyl groups is 1. The first-order valence-electron chi connectivity index (χ1n) is 23.9. The highest BCUT2D eigenvalue weighted by Crippen LogP contribution is 2.55. The number of anilines is 1. The Labute approximate surface area is 411 Å². The van der Waals surface area contributed by atoms with E-state index in [1.165, 1.54) is 18.1 Å². The summed E-state index contributed by atoms with van der Waals surface area (Å²) in [6.45, 7) is 6.62. The van der Waals surface area contributed by atoms with Gasteiger partial charge in [-0.15, -0.1) is 0 Å². The average molecular weight is 1000 g/mol. The Morgan fingerprint density at radius 1 is 1.01 bits per heavy atom. The van der Waals surface area contributed by atoms with E-state index >= 15 is 0 Å². The third-order valence-electron chi connectivity index (χ3n) is 15.2. The van der Waals surface area contributed by atoms with Gasteiger partial charge in [0.1, 0.15) is 24.2 Å². The second-order valence-corrected chi connectivity index (χ2v) is 22.0. The summed E-state index contributed by atoms with van der Waals surface area (Å²) in [5.41, 5.74) is 5.43. The average Bonchev–Trinajstić information content (AvgIpc) is 4.04. The van der Waals surface area contributed by atoms with Crippen LogP contribution < -0.4 is 10.5 Å². The number of phenolic OH excluding ortho intramolecular Hbond substituents is 1. The summed E-state index contributed by atoms with van der Waals surface area (Å²) in [5, 5.41) is 24.5. The minimum absolute atomic E-state index is 0.0135. The standard InChI is InChI=1S/C49H68N4O14S2/c1-27(48(11-12-48)13-18-62-21-22-69-68-7)45(58)52(4)16-15-51(3)34(54)26-63-19-14-49(59)24-30-36(40(50)38-39(42(30)56)41(55)29-9-8-10-32(60-5)37(29)43(38)57)33(25-49)66-35-23-31-44(28(2)65-35)67-46-47(61-6)64-20-17-53(31)46/h8-10,27-28,31,33,35,44,46-47,56,59H,11-26,50H2,1-7H3/t27?,28-,31?,33?,35-,44?,46+,47-,49-/m0/s1. The number of aliphatic hydroxyl groups is 1. The molecule has 0 radical (unpaired) electrons. The van der Waals surface area contributed by atoms with Crippen molar-refractivity contribution in [1.29, 1.82) is 0 Å². The van der Waals surface area contributed by atoms with Crippen LogP contribution in [-0.4, -0.2) is 184 Å². The summed E-state index contributed by atoms with van der Waals surface area (Å²) in [6.07, 6.45) is 1.49. The van der Waals surface area contributed by atoms with Crippen LogP contribution in [0.4, 0.5) is 5.69 Å². The minimum Gasteiger partial charge on any atom is -0.507 e. The molecule has 69 heavy (non-hydrogen) atoms. The number of hydrogen-bond acceptors (Lipinski definition) is 18. The molecule has 4 fully saturated rings. The predicted octanol–water partition coefficient (Wildman–Crippen LogP) is 4.18. The molecule has 380 valence electrons. The van der Waals surface area contributed by atoms with Crippen LogP contribution in [0.3, 0.4) is 0 Å². The molecule has 9 atom stereocenters. The molecule has 6 aliphatic rings. The molecule has 0 aromatic heterocycles. The van der Waals surface area contributed by atoms with Gasteiger partial charge in [-0.2, -0.15) is 0 Å². The van der Waals surface area contributed by atoms with E-state index in [4.69, 9.17) is 43.6 Å². The Kier molecular flexibility index (Phi) is 16.3. The molecule has 0 spiro atoms. The number of carbonyl (C=O) groups is 4. The van der Waals surface area contributed by atoms with Crippen molar-refractivity contribution in [2.45, 2.75) is 108 Å². The van der Waals surface area contributed by atoms with Gasteiger partial charge in [0.2, 0.25) is 11.8 Å². The Hall–Kier alpha value is -3.54. The molecule has 3 saturated heterocycles. The molecule has 2 amide bonds. The molecule has 4 N–H and O–H groups in total. The van der Waals surface area contributed by atoms with Gasteiger partial charge in [0.15, 0.2) is 30.4 Å². The first-order chi connectivity index (χ1) is 33.1. The van der Waals surface area contributed by atoms with Crippen LogP contribution in [0.15, 0.2) is 18.2 Å². The van der Waals surface area contributed by atoms with Crippen LogP contribution >= 0.6 is 21.6 Å². The molecule has 3 aliphatic heterocycles. The maximum Gasteiger partial charge on any atom is 0.248 e. The van der Waals surface area contributed by atoms with Crippen molar-refractivity contribution in [2.24, 2.45) is 11.3 Å². The fourth-order valence-electron chi connectivity index (χ4n) is 10.9. The van der Waals surface area contributed by atoms with Crippen molar-refractivity contribution in [2.75, 3.05) is 98.7 Å². The smallest absolute Gasteiger partial charge is 0.248 e. The summed E-state index contributed by atoms with van der Waals surface area (Å²) in [7, 11) is 9.89. The molecule has 3 aliphatic carbocycles. The molecule has 1 saturated carbocycles. The highest BCUT2D eigenvalue weighted by molar-refractivity contribution is 8.76. The zero-order chi connectivity index (χ0) is 49.4. The van der Waals surface area contributed by atoms with E-state index in [0.29, 0.717) is 45.9 Å². The number of nitrogens with two attached hydrogens (primary N) is 1. The Morgan fingerprint density at radius 3 is 2.49 bits per heavy atom. The first-order valence-corrected chi connectivity index (χ1v) is 26.6. The van der Waals surface area contributed by atoms with Gasteiger partial charge in [-0.3, -0.25) is 24.1 Å². The van der Waals surface area contributed by atoms with Crippen molar-refractivity contribution in [1.82, 2.24) is 14.7 Å². The molecule has 8 rings (SSSR count). The van der Waals surface area contributed by atoms with E-state index in [1.807, 2.05) is 20.1 Å². The summed E-state index contributed by atoms with van der Waals surface area (Å²) in [4.78, 5) is 60.7. The van der Waals surface area contributed by atoms with Gasteiger partial charge in [-0.1, -0.05) is 40.6 Å². The van der Waals surface area contributed by atoms with E-state index in [1.54, 1.807) is 59.8 Å². The van der Waals surface area contributed by atoms with Gasteiger partial charge in [-0.05, 0) is 50.3 Å². The maximum absolute atomic E-state index is 14.3. The lowest BCUT2D eigenvalue weighted by molar-refractivity contribution is -0.256. The number of phenols is 1. The number of hydrogen-bond donors (Lipinski definition) is 3. The number of morpholine rings is 1. The van der Waals surface area contributed by atoms with Gasteiger partial charge >= 0.3 is 0 Å². The normalized spacial score (nSPS) is 28.2. The fraction of sp³-hybridized carbons (Fsp3) is 0.673. The van der Waals surface area contributed by atoms with Gasteiger partial charge in [0.05, 0.1) is 61.4 Å². The van der Waals surface area contributed by atoms with Gasteiger partial charge in [0, 0.05) is 107 Å². The van der Waals surface area contributed by atoms with Gasteiger partial charge in [0.25, 0.3) is 0 Å². The molecule has 20 heteroatoms. The summed E-state index contributed by atoms with van der Waals surface area (Å²) >= 11 is 0. The molecular weight excluding hydrogens is 933 g/mol. The minimum atomic E-state index is -1.59. The second kappa shape index (κ2) is 21.7. The van der Waals surface area contributed by atoms with E-state index < -0.39 is 53.9 Å². The van der Waals surface area contributed by atoms with E-state index in [9.17, 15) is 29.4 Å². The summed E-state index contributed by atoms with van der Waals surface area (Å²) in [6, 6.07) is 4.55. The highest BCUT2D eigenvalue weighted by atomic mass is 33.1. The third kappa shape index (κ3) is 10.4. The number of carbonyl (C=O) groups excluding carboxylic acids is 4. The molecule has 0 bridgehead atoms. The van der Waals surface area contributed by atoms with E-state index in [0.717, 1.165) is 25.0 Å². The number of nitrogens with zero attached hydrogens (tertiary/aromatic N) is 3. The molecule has 3 heterocycles. The lowest BCUT2D eigenvalue weighted by atomic mass is 9.72. The van der Waals surface area contributed by atoms with Crippen LogP contribution in [0, 0.1) is 11.3 Å². The SMILES string of the molecule is COc1cccc2c1C(=O)c1c(N)c3c(c(O)c1C2=O)C[C@@](O)(CCOCC(=O)N(C)CCN(C)C(=O)C(C)C1(CCOCCSSC)CC1)CC3O[C@H]1CC2C(O[C@@H]3[C@@H](OC)OCCN23)[C@H](C)O1. The third-order valence-corrected chi connectivity index (χ3v) is 17.0. The van der Waals surface area contributed by atoms with Crippen LogP contribution in [0.25, 0.3) is 0 Å². The van der Waals surface area contributed by atoms with E-state index in [-0.39, 0.29) is 113 Å². The van der Waals surface area contributed by atoms with Crippen molar-refractivity contribution in [3.63, 3.8) is 0 Å². The Bertz CT molecular complexity index is 2250. The summed E-state index contributed by atoms with van der Waals surface area (Å²) < 4.78 is 48.2. The van der Waals surface area contributed by atoms with Crippen LogP contribution in [-0.2, 0) is 49.2 Å². The number of ketones is 2. The highest BCUT2D eigenvalue weighted by Gasteiger charge is 2.55. The second-order valence-electron chi connectivity index (χ2n) is 19.3. The van der Waals surface area contributed by atoms with Crippen molar-refractivity contribution in [3.8, 4) is 11.5 Å². The van der Waals surface area contributed by atoms with Crippen molar-refractivity contribution < 1.29 is 67.3 Å². The number of nitrogen functional groups attached to an aromatic ring is 1. The lowest BCUT2D eigenvalue weighted by Crippen LogP contribution is -2.55. The van der Waals surface area contributed by atoms with Crippen LogP contribution in [0.1, 0.15) is 101 Å². The molecular formula is C49H68N4O14S2. The number of benzene rings is 2. The van der Waals surface area contributed by atoms with Gasteiger partial charge in [-0.25, -0.2) is 0 Å². The topological polar surface area (TPSA) is 218 Å². The molecule has 18 nitrogen and oxygen atoms in total. The first kappa shape index (κ1) is 51.8. The van der Waals surface area contributed by atoms with Crippen molar-refractivity contribution >= 4 is 50.7 Å². The molecule has 2 aromatic rings. The quantitative estimate of drug-likeness (QED) is 0.0590. The monoisotopic (exact) mass is 1000 g/mol. The predicted molar refractivity (Wildman–Crippen MR) is 257 cm³/mol. The number of amides is 2. The van der Waals surface area contributed by atoms with Crippen LogP contribution in [0.2, 0.25) is 0 Å². The number of fused-ring (bicyclic) bond motifs is 6. The zero-order valence-electron chi connectivity index (χ0n) is 40.7. The van der Waals surface area contributed by atoms with Gasteiger partial charge < -0.3 is 63.6 Å². The number of likely N-dealkylation sites (N-methyl/N-ethyl adjacent to an activating group) is 2. The molecule has 2 aromatic carbocycles. The number of ether oxygens (including phenoxy) is 8. The largest absolute Gasteiger partial charge is 0.507 e. The maximum atomic E-state index is 14.3. The number of methoxy groups -OCH3 is 2.